The van der Waals surface area contributed by atoms with Crippen molar-refractivity contribution in [1.82, 2.24) is 0 Å². The Morgan fingerprint density at radius 1 is 1.33 bits per heavy atom. The van der Waals surface area contributed by atoms with E-state index < -0.39 is 5.92 Å². The number of benzene rings is 2. The fourth-order valence-electron chi connectivity index (χ4n) is 4.06. The van der Waals surface area contributed by atoms with Crippen molar-refractivity contribution in [2.24, 2.45) is 0 Å². The van der Waals surface area contributed by atoms with E-state index in [2.05, 4.69) is 22.5 Å². The fourth-order valence-corrected chi connectivity index (χ4v) is 4.88. The summed E-state index contributed by atoms with van der Waals surface area (Å²) in [6, 6.07) is 8.71. The number of carbonyl (C=O) groups is 1. The van der Waals surface area contributed by atoms with Gasteiger partial charge in [0.05, 0.1) is 20.1 Å². The third-order valence-corrected chi connectivity index (χ3v) is 6.59. The predicted molar refractivity (Wildman–Crippen MR) is 111 cm³/mol. The van der Waals surface area contributed by atoms with Gasteiger partial charge in [-0.1, -0.05) is 24.8 Å². The van der Waals surface area contributed by atoms with Crippen LogP contribution in [0.25, 0.3) is 0 Å². The lowest BCUT2D eigenvalue weighted by molar-refractivity contribution is -0.141. The zero-order valence-electron chi connectivity index (χ0n) is 16.4. The van der Waals surface area contributed by atoms with E-state index in [9.17, 15) is 13.6 Å². The highest BCUT2D eigenvalue weighted by atomic mass is 79.9. The molecule has 0 saturated carbocycles. The first-order valence-electron chi connectivity index (χ1n) is 9.67. The third-order valence-electron chi connectivity index (χ3n) is 5.68. The molecule has 0 N–H and O–H groups in total. The molecule has 0 fully saturated rings. The van der Waals surface area contributed by atoms with Gasteiger partial charge in [0, 0.05) is 27.6 Å². The Morgan fingerprint density at radius 2 is 2.10 bits per heavy atom. The van der Waals surface area contributed by atoms with Gasteiger partial charge in [-0.3, -0.25) is 4.79 Å². The summed E-state index contributed by atoms with van der Waals surface area (Å²) in [5, 5.41) is 0. The van der Waals surface area contributed by atoms with Crippen molar-refractivity contribution < 1.29 is 27.8 Å². The number of alkyl halides is 2. The Morgan fingerprint density at radius 3 is 2.83 bits per heavy atom. The first-order chi connectivity index (χ1) is 14.3. The van der Waals surface area contributed by atoms with Crippen LogP contribution in [0.4, 0.5) is 8.78 Å². The van der Waals surface area contributed by atoms with Gasteiger partial charge >= 0.3 is 5.97 Å². The van der Waals surface area contributed by atoms with Gasteiger partial charge < -0.3 is 14.2 Å². The van der Waals surface area contributed by atoms with E-state index in [0.29, 0.717) is 41.5 Å². The summed E-state index contributed by atoms with van der Waals surface area (Å²) in [7, 11) is 1.37. The van der Waals surface area contributed by atoms with E-state index in [-0.39, 0.29) is 30.0 Å². The summed E-state index contributed by atoms with van der Waals surface area (Å²) >= 11 is 3.35. The highest BCUT2D eigenvalue weighted by Gasteiger charge is 2.35. The Bertz CT molecular complexity index is 1000. The molecule has 4 nitrogen and oxygen atoms in total. The molecule has 2 atom stereocenters. The summed E-state index contributed by atoms with van der Waals surface area (Å²) in [6.07, 6.45) is 2.03. The Kier molecular flexibility index (Phi) is 5.57. The first kappa shape index (κ1) is 20.8. The maximum Gasteiger partial charge on any atom is 0.306 e. The van der Waals surface area contributed by atoms with Gasteiger partial charge in [-0.2, -0.15) is 8.78 Å². The summed E-state index contributed by atoms with van der Waals surface area (Å²) in [6.45, 7) is 3.66. The SMILES string of the molecule is C=CC(F)(F)c1ccc2c(c1Br)CC[C@H]2Oc1ccc2c(c1)OCC2CC(=O)OC. The molecule has 30 heavy (non-hydrogen) atoms. The average molecular weight is 479 g/mol. The van der Waals surface area contributed by atoms with E-state index in [1.165, 1.54) is 13.2 Å². The van der Waals surface area contributed by atoms with Crippen molar-refractivity contribution in [2.75, 3.05) is 13.7 Å². The van der Waals surface area contributed by atoms with Gasteiger partial charge in [-0.15, -0.1) is 0 Å². The number of ether oxygens (including phenoxy) is 3. The lowest BCUT2D eigenvalue weighted by Gasteiger charge is -2.19. The molecule has 0 spiro atoms. The first-order valence-corrected chi connectivity index (χ1v) is 10.5. The highest BCUT2D eigenvalue weighted by molar-refractivity contribution is 9.10. The molecular weight excluding hydrogens is 458 g/mol. The van der Waals surface area contributed by atoms with Gasteiger partial charge in [-0.05, 0) is 52.0 Å². The Balaban J connectivity index is 1.53. The lowest BCUT2D eigenvalue weighted by Crippen LogP contribution is -2.11. The number of esters is 1. The van der Waals surface area contributed by atoms with Crippen LogP contribution in [0.5, 0.6) is 11.5 Å². The Labute approximate surface area is 182 Å². The number of rotatable bonds is 6. The second-order valence-corrected chi connectivity index (χ2v) is 8.25. The highest BCUT2D eigenvalue weighted by Crippen LogP contribution is 2.45. The maximum absolute atomic E-state index is 14.1. The number of halogens is 3. The Hall–Kier alpha value is -2.41. The fraction of sp³-hybridized carbons (Fsp3) is 0.348. The lowest BCUT2D eigenvalue weighted by atomic mass is 9.98. The van der Waals surface area contributed by atoms with Gasteiger partial charge in [0.2, 0.25) is 0 Å². The van der Waals surface area contributed by atoms with Crippen LogP contribution in [0.2, 0.25) is 0 Å². The molecule has 0 radical (unpaired) electrons. The van der Waals surface area contributed by atoms with Crippen molar-refractivity contribution in [2.45, 2.75) is 37.2 Å². The maximum atomic E-state index is 14.1. The number of hydrogen-bond donors (Lipinski definition) is 0. The molecule has 2 aromatic rings. The number of fused-ring (bicyclic) bond motifs is 2. The minimum atomic E-state index is -3.09. The molecule has 0 aromatic heterocycles. The van der Waals surface area contributed by atoms with Gasteiger partial charge in [0.1, 0.15) is 17.6 Å². The summed E-state index contributed by atoms with van der Waals surface area (Å²) in [5.74, 6) is -2.06. The standard InChI is InChI=1S/C23H21BrF2O4/c1-3-23(25,26)18-8-6-16-17(22(18)24)7-9-19(16)30-14-4-5-15-13(10-21(27)28-2)12-29-20(15)11-14/h3-6,8,11,13,19H,1,7,9-10,12H2,2H3/t13?,19-/m1/s1. The summed E-state index contributed by atoms with van der Waals surface area (Å²) < 4.78 is 45.3. The van der Waals surface area contributed by atoms with Crippen LogP contribution in [0.3, 0.4) is 0 Å². The molecule has 1 aliphatic carbocycles. The quantitative estimate of drug-likeness (QED) is 0.386. The molecule has 0 bridgehead atoms. The van der Waals surface area contributed by atoms with Crippen molar-refractivity contribution in [3.63, 3.8) is 0 Å². The number of methoxy groups -OCH3 is 1. The predicted octanol–water partition coefficient (Wildman–Crippen LogP) is 5.83. The number of hydrogen-bond acceptors (Lipinski definition) is 4. The number of allylic oxidation sites excluding steroid dienone is 1. The van der Waals surface area contributed by atoms with Crippen molar-refractivity contribution in [3.8, 4) is 11.5 Å². The van der Waals surface area contributed by atoms with Crippen LogP contribution in [-0.2, 0) is 21.9 Å². The van der Waals surface area contributed by atoms with Crippen LogP contribution < -0.4 is 9.47 Å². The summed E-state index contributed by atoms with van der Waals surface area (Å²) in [5.41, 5.74) is 2.61. The van der Waals surface area contributed by atoms with E-state index in [0.717, 1.165) is 16.7 Å². The van der Waals surface area contributed by atoms with E-state index in [1.807, 2.05) is 18.2 Å². The average Bonchev–Trinajstić information content (AvgIpc) is 3.32. The van der Waals surface area contributed by atoms with E-state index >= 15 is 0 Å². The van der Waals surface area contributed by atoms with E-state index in [1.54, 1.807) is 6.07 Å². The monoisotopic (exact) mass is 478 g/mol. The van der Waals surface area contributed by atoms with Crippen molar-refractivity contribution >= 4 is 21.9 Å². The second-order valence-electron chi connectivity index (χ2n) is 7.45. The largest absolute Gasteiger partial charge is 0.492 e. The van der Waals surface area contributed by atoms with Gasteiger partial charge in [0.25, 0.3) is 5.92 Å². The minimum absolute atomic E-state index is 0.0328. The van der Waals surface area contributed by atoms with Crippen molar-refractivity contribution in [1.29, 1.82) is 0 Å². The third kappa shape index (κ3) is 3.71. The van der Waals surface area contributed by atoms with Crippen LogP contribution in [0.15, 0.2) is 47.5 Å². The normalized spacial score (nSPS) is 19.6. The molecule has 0 saturated heterocycles. The molecule has 1 unspecified atom stereocenters. The van der Waals surface area contributed by atoms with Gasteiger partial charge in [0.15, 0.2) is 0 Å². The summed E-state index contributed by atoms with van der Waals surface area (Å²) in [4.78, 5) is 11.6. The van der Waals surface area contributed by atoms with Crippen LogP contribution in [0, 0.1) is 0 Å². The molecule has 1 aliphatic heterocycles. The molecule has 2 aliphatic rings. The molecule has 2 aromatic carbocycles. The number of carbonyl (C=O) groups excluding carboxylic acids is 1. The van der Waals surface area contributed by atoms with E-state index in [4.69, 9.17) is 14.2 Å². The topological polar surface area (TPSA) is 44.8 Å². The second kappa shape index (κ2) is 8.02. The van der Waals surface area contributed by atoms with Crippen LogP contribution in [-0.4, -0.2) is 19.7 Å². The molecule has 158 valence electrons. The van der Waals surface area contributed by atoms with Crippen molar-refractivity contribution in [3.05, 3.63) is 69.7 Å². The smallest absolute Gasteiger partial charge is 0.306 e. The zero-order chi connectivity index (χ0) is 21.5. The van der Waals surface area contributed by atoms with Crippen LogP contribution >= 0.6 is 15.9 Å². The molecule has 0 amide bonds. The minimum Gasteiger partial charge on any atom is -0.492 e. The zero-order valence-corrected chi connectivity index (χ0v) is 18.0. The molecular formula is C23H21BrF2O4. The molecule has 4 rings (SSSR count). The van der Waals surface area contributed by atoms with Crippen LogP contribution in [0.1, 0.15) is 47.1 Å². The molecule has 7 heteroatoms. The van der Waals surface area contributed by atoms with Gasteiger partial charge in [-0.25, -0.2) is 0 Å². The molecule has 1 heterocycles.